The second-order valence-electron chi connectivity index (χ2n) is 5.97. The van der Waals surface area contributed by atoms with Gasteiger partial charge in [0.25, 0.3) is 0 Å². The van der Waals surface area contributed by atoms with Crippen LogP contribution in [0.3, 0.4) is 0 Å². The molecule has 7 nitrogen and oxygen atoms in total. The predicted molar refractivity (Wildman–Crippen MR) is 113 cm³/mol. The summed E-state index contributed by atoms with van der Waals surface area (Å²) < 4.78 is 0. The molecule has 0 aromatic carbocycles. The fourth-order valence-corrected chi connectivity index (χ4v) is 3.30. The zero-order chi connectivity index (χ0) is 19.0. The third kappa shape index (κ3) is 5.93. The zero-order valence-corrected chi connectivity index (χ0v) is 18.1. The predicted octanol–water partition coefficient (Wildman–Crippen LogP) is 1.87. The van der Waals surface area contributed by atoms with Gasteiger partial charge >= 0.3 is 17.1 Å². The normalized spacial score (nSPS) is 18.0. The molecule has 1 saturated carbocycles. The number of hydrogen-bond acceptors (Lipinski definition) is 7. The van der Waals surface area contributed by atoms with Crippen LogP contribution in [-0.4, -0.2) is 40.8 Å². The maximum absolute atomic E-state index is 5.12. The molecule has 1 aromatic heterocycles. The number of aromatic nitrogens is 1. The molecular weight excluding hydrogens is 430 g/mol. The first kappa shape index (κ1) is 23.4. The van der Waals surface area contributed by atoms with Gasteiger partial charge in [0.05, 0.1) is 11.4 Å². The molecule has 1 fully saturated rings. The van der Waals surface area contributed by atoms with Crippen molar-refractivity contribution >= 4 is 47.0 Å². The van der Waals surface area contributed by atoms with Crippen molar-refractivity contribution in [3.05, 3.63) is 30.1 Å². The van der Waals surface area contributed by atoms with E-state index in [9.17, 15) is 0 Å². The van der Waals surface area contributed by atoms with E-state index < -0.39 is 0 Å². The van der Waals surface area contributed by atoms with E-state index in [1.165, 1.54) is 0 Å². The van der Waals surface area contributed by atoms with E-state index in [1.807, 2.05) is 19.2 Å². The molecule has 0 unspecified atom stereocenters. The third-order valence-corrected chi connectivity index (χ3v) is 5.00. The van der Waals surface area contributed by atoms with E-state index in [-0.39, 0.29) is 22.5 Å². The first-order valence-corrected chi connectivity index (χ1v) is 9.18. The largest absolute Gasteiger partial charge is 2.00 e. The Bertz CT molecular complexity index is 726. The molecule has 10 heteroatoms. The number of hydrogen-bond donors (Lipinski definition) is 2. The average molecular weight is 453 g/mol. The van der Waals surface area contributed by atoms with Crippen molar-refractivity contribution in [3.8, 4) is 0 Å². The van der Waals surface area contributed by atoms with Crippen LogP contribution in [0.2, 0.25) is 0 Å². The van der Waals surface area contributed by atoms with Crippen molar-refractivity contribution < 1.29 is 17.1 Å². The molecule has 0 atom stereocenters. The van der Waals surface area contributed by atoms with Gasteiger partial charge in [0.1, 0.15) is 0 Å². The van der Waals surface area contributed by atoms with E-state index >= 15 is 0 Å². The Labute approximate surface area is 182 Å². The number of rotatable bonds is 5. The monoisotopic (exact) mass is 452 g/mol. The molecular formula is C17H23CuN7S2. The number of pyridine rings is 1. The Balaban J connectivity index is 0.00000364. The van der Waals surface area contributed by atoms with Crippen molar-refractivity contribution in [2.45, 2.75) is 38.0 Å². The number of nitrogens with one attached hydrogen (secondary N) is 2. The van der Waals surface area contributed by atoms with Gasteiger partial charge in [0.2, 0.25) is 0 Å². The van der Waals surface area contributed by atoms with Gasteiger partial charge in [0, 0.05) is 31.9 Å². The van der Waals surface area contributed by atoms with Gasteiger partial charge in [-0.1, -0.05) is 18.9 Å². The standard InChI is InChI=1S/C17H25N7S2.Cu/c1-12(21-23-15(25)18-2)14(22-24-16(26)19-3)17(8-4-5-9-17)13-7-6-10-20-11-13;/h6-7,10-11H,4-5,8-9H2,1-3H3,(H2,18,23,25)(H2,19,24,26);/q;+2/p-2/b21-12+,22-14-;. The minimum absolute atomic E-state index is 0. The van der Waals surface area contributed by atoms with Gasteiger partial charge < -0.3 is 25.3 Å². The Kier molecular flexibility index (Phi) is 9.79. The first-order chi connectivity index (χ1) is 12.5. The Morgan fingerprint density at radius 1 is 1.07 bits per heavy atom. The molecule has 0 saturated heterocycles. The molecule has 1 aliphatic rings. The Morgan fingerprint density at radius 2 is 1.67 bits per heavy atom. The fourth-order valence-electron chi connectivity index (χ4n) is 3.21. The molecule has 0 bridgehead atoms. The van der Waals surface area contributed by atoms with Gasteiger partial charge in [-0.05, 0) is 41.7 Å². The summed E-state index contributed by atoms with van der Waals surface area (Å²) in [5.41, 5.74) is 8.00. The number of aliphatic imine (C=N–C) groups is 2. The summed E-state index contributed by atoms with van der Waals surface area (Å²) in [6, 6.07) is 4.03. The molecule has 0 spiro atoms. The van der Waals surface area contributed by atoms with Crippen LogP contribution in [0.25, 0.3) is 0 Å². The van der Waals surface area contributed by atoms with Crippen LogP contribution < -0.4 is 10.9 Å². The van der Waals surface area contributed by atoms with Crippen molar-refractivity contribution in [1.82, 2.24) is 15.8 Å². The summed E-state index contributed by atoms with van der Waals surface area (Å²) in [5, 5.41) is 9.61. The third-order valence-electron chi connectivity index (χ3n) is 4.46. The number of amidine groups is 2. The molecule has 0 amide bonds. The van der Waals surface area contributed by atoms with Gasteiger partial charge in [-0.3, -0.25) is 25.8 Å². The number of nitrogens with zero attached hydrogens (tertiary/aromatic N) is 5. The molecule has 149 valence electrons. The summed E-state index contributed by atoms with van der Waals surface area (Å²) in [6.07, 6.45) is 7.82. The molecule has 2 rings (SSSR count). The van der Waals surface area contributed by atoms with Gasteiger partial charge in [-0.2, -0.15) is 10.2 Å². The van der Waals surface area contributed by atoms with E-state index in [4.69, 9.17) is 25.3 Å². The van der Waals surface area contributed by atoms with Gasteiger partial charge in [-0.25, -0.2) is 0 Å². The van der Waals surface area contributed by atoms with Crippen LogP contribution in [0, 0.1) is 0 Å². The molecule has 1 aliphatic carbocycles. The van der Waals surface area contributed by atoms with Crippen LogP contribution in [0.4, 0.5) is 0 Å². The smallest absolute Gasteiger partial charge is 0.741 e. The fraction of sp³-hybridized carbons (Fsp3) is 0.471. The minimum atomic E-state index is -0.273. The molecule has 0 aliphatic heterocycles. The quantitative estimate of drug-likeness (QED) is 0.234. The first-order valence-electron chi connectivity index (χ1n) is 8.36. The second-order valence-corrected chi connectivity index (χ2v) is 6.74. The Morgan fingerprint density at radius 3 is 2.19 bits per heavy atom. The summed E-state index contributed by atoms with van der Waals surface area (Å²) in [7, 11) is 3.24. The van der Waals surface area contributed by atoms with Crippen LogP contribution in [0.1, 0.15) is 38.2 Å². The van der Waals surface area contributed by atoms with E-state index in [0.29, 0.717) is 16.0 Å². The van der Waals surface area contributed by atoms with E-state index in [2.05, 4.69) is 42.1 Å². The molecule has 1 aromatic rings. The molecule has 2 N–H and O–H groups in total. The van der Waals surface area contributed by atoms with Crippen LogP contribution in [-0.2, 0) is 47.7 Å². The molecule has 27 heavy (non-hydrogen) atoms. The van der Waals surface area contributed by atoms with Crippen LogP contribution in [0.5, 0.6) is 0 Å². The van der Waals surface area contributed by atoms with Crippen molar-refractivity contribution in [1.29, 1.82) is 0 Å². The Hall–Kier alpha value is -1.61. The van der Waals surface area contributed by atoms with Gasteiger partial charge in [0.15, 0.2) is 0 Å². The summed E-state index contributed by atoms with van der Waals surface area (Å²) in [5.74, 6) is 0. The molecule has 1 radical (unpaired) electrons. The maximum Gasteiger partial charge on any atom is 2.00 e. The summed E-state index contributed by atoms with van der Waals surface area (Å²) in [4.78, 5) is 12.1. The topological polar surface area (TPSA) is 86.4 Å². The van der Waals surface area contributed by atoms with Crippen LogP contribution >= 0.6 is 0 Å². The minimum Gasteiger partial charge on any atom is -0.741 e. The van der Waals surface area contributed by atoms with Gasteiger partial charge in [-0.15, -0.1) is 0 Å². The van der Waals surface area contributed by atoms with Crippen molar-refractivity contribution in [2.75, 3.05) is 14.1 Å². The number of hydrazone groups is 2. The summed E-state index contributed by atoms with van der Waals surface area (Å²) >= 11 is 10.2. The van der Waals surface area contributed by atoms with Crippen molar-refractivity contribution in [3.63, 3.8) is 0 Å². The van der Waals surface area contributed by atoms with E-state index in [0.717, 1.165) is 37.0 Å². The second kappa shape index (κ2) is 11.3. The SMILES string of the molecule is CN=C([S-])N/N=C(C)/C(=N/NC([S-])=NC)C1(c2cccnc2)CCCC1.[Cu+2]. The van der Waals surface area contributed by atoms with Crippen LogP contribution in [0.15, 0.2) is 44.7 Å². The van der Waals surface area contributed by atoms with E-state index in [1.54, 1.807) is 20.3 Å². The van der Waals surface area contributed by atoms with Crippen molar-refractivity contribution in [2.24, 2.45) is 20.2 Å². The summed E-state index contributed by atoms with van der Waals surface area (Å²) in [6.45, 7) is 1.90. The molecule has 1 heterocycles. The maximum atomic E-state index is 5.12. The average Bonchev–Trinajstić information content (AvgIpc) is 3.17. The zero-order valence-electron chi connectivity index (χ0n) is 15.5.